The summed E-state index contributed by atoms with van der Waals surface area (Å²) >= 11 is 0. The fourth-order valence-electron chi connectivity index (χ4n) is 1.91. The van der Waals surface area contributed by atoms with Crippen LogP contribution >= 0.6 is 0 Å². The zero-order valence-corrected chi connectivity index (χ0v) is 10.9. The van der Waals surface area contributed by atoms with E-state index in [9.17, 15) is 19.3 Å². The highest BCUT2D eigenvalue weighted by Crippen LogP contribution is 2.31. The van der Waals surface area contributed by atoms with Gasteiger partial charge in [-0.25, -0.2) is 9.18 Å². The van der Waals surface area contributed by atoms with Crippen molar-refractivity contribution in [3.05, 3.63) is 57.8 Å². The molecule has 0 saturated heterocycles. The molecule has 8 heteroatoms. The van der Waals surface area contributed by atoms with Crippen LogP contribution in [0.5, 0.6) is 0 Å². The first kappa shape index (κ1) is 14.5. The molecule has 1 N–H and O–H groups in total. The number of hydrogen-bond acceptors (Lipinski definition) is 5. The Labute approximate surface area is 118 Å². The van der Waals surface area contributed by atoms with Gasteiger partial charge in [0.15, 0.2) is 0 Å². The average molecular weight is 294 g/mol. The van der Waals surface area contributed by atoms with Gasteiger partial charge in [-0.3, -0.25) is 10.1 Å². The van der Waals surface area contributed by atoms with Crippen LogP contribution in [0.2, 0.25) is 0 Å². The minimum Gasteiger partial charge on any atom is -0.478 e. The van der Waals surface area contributed by atoms with E-state index in [1.165, 1.54) is 17.4 Å². The molecule has 7 nitrogen and oxygen atoms in total. The summed E-state index contributed by atoms with van der Waals surface area (Å²) < 4.78 is 18.5. The summed E-state index contributed by atoms with van der Waals surface area (Å²) in [4.78, 5) is 22.7. The van der Waals surface area contributed by atoms with E-state index >= 15 is 0 Å². The van der Waals surface area contributed by atoms with E-state index < -0.39 is 28.0 Å². The van der Waals surface area contributed by atoms with Crippen molar-refractivity contribution in [1.29, 1.82) is 0 Å². The minimum absolute atomic E-state index is 0.0139. The van der Waals surface area contributed by atoms with E-state index in [4.69, 9.17) is 9.52 Å². The average Bonchev–Trinajstić information content (AvgIpc) is 2.90. The first-order valence-electron chi connectivity index (χ1n) is 5.83. The van der Waals surface area contributed by atoms with Crippen LogP contribution in [0, 0.1) is 15.9 Å². The number of furan rings is 1. The maximum atomic E-state index is 13.6. The van der Waals surface area contributed by atoms with Crippen molar-refractivity contribution in [2.75, 3.05) is 11.9 Å². The number of benzene rings is 1. The van der Waals surface area contributed by atoms with E-state index in [-0.39, 0.29) is 12.2 Å². The SMILES string of the molecule is CN(Cc1ccoc1)c1cc(C(=O)O)c(F)cc1[N+](=O)[O-]. The van der Waals surface area contributed by atoms with Gasteiger partial charge in [0.1, 0.15) is 11.5 Å². The molecular formula is C13H11FN2O5. The Morgan fingerprint density at radius 2 is 2.24 bits per heavy atom. The lowest BCUT2D eigenvalue weighted by Gasteiger charge is -2.19. The summed E-state index contributed by atoms with van der Waals surface area (Å²) in [7, 11) is 1.54. The van der Waals surface area contributed by atoms with Crippen LogP contribution in [0.25, 0.3) is 0 Å². The van der Waals surface area contributed by atoms with Crippen LogP contribution in [-0.4, -0.2) is 23.0 Å². The van der Waals surface area contributed by atoms with E-state index in [0.29, 0.717) is 6.07 Å². The molecule has 2 aromatic rings. The third kappa shape index (κ3) is 2.99. The maximum Gasteiger partial charge on any atom is 0.338 e. The van der Waals surface area contributed by atoms with Crippen LogP contribution in [0.3, 0.4) is 0 Å². The topological polar surface area (TPSA) is 96.8 Å². The highest BCUT2D eigenvalue weighted by Gasteiger charge is 2.24. The molecule has 1 heterocycles. The highest BCUT2D eigenvalue weighted by atomic mass is 19.1. The van der Waals surface area contributed by atoms with Gasteiger partial charge in [0.25, 0.3) is 5.69 Å². The summed E-state index contributed by atoms with van der Waals surface area (Å²) in [5.41, 5.74) is -0.355. The molecule has 0 amide bonds. The molecule has 0 bridgehead atoms. The Morgan fingerprint density at radius 1 is 1.52 bits per heavy atom. The predicted molar refractivity (Wildman–Crippen MR) is 70.8 cm³/mol. The number of carboxylic acid groups (broad SMARTS) is 1. The lowest BCUT2D eigenvalue weighted by atomic mass is 10.1. The smallest absolute Gasteiger partial charge is 0.338 e. The van der Waals surface area contributed by atoms with Gasteiger partial charge in [-0.15, -0.1) is 0 Å². The Kier molecular flexibility index (Phi) is 3.88. The highest BCUT2D eigenvalue weighted by molar-refractivity contribution is 5.90. The van der Waals surface area contributed by atoms with Gasteiger partial charge in [-0.2, -0.15) is 0 Å². The van der Waals surface area contributed by atoms with E-state index in [1.54, 1.807) is 13.1 Å². The number of anilines is 1. The number of nitrogens with zero attached hydrogens (tertiary/aromatic N) is 2. The molecule has 0 radical (unpaired) electrons. The third-order valence-electron chi connectivity index (χ3n) is 2.90. The quantitative estimate of drug-likeness (QED) is 0.672. The Hall–Kier alpha value is -2.90. The van der Waals surface area contributed by atoms with Crippen molar-refractivity contribution in [2.45, 2.75) is 6.54 Å². The van der Waals surface area contributed by atoms with Crippen molar-refractivity contribution in [3.8, 4) is 0 Å². The number of carboxylic acids is 1. The van der Waals surface area contributed by atoms with Crippen molar-refractivity contribution in [2.24, 2.45) is 0 Å². The molecule has 0 spiro atoms. The first-order chi connectivity index (χ1) is 9.90. The maximum absolute atomic E-state index is 13.6. The lowest BCUT2D eigenvalue weighted by Crippen LogP contribution is -2.18. The summed E-state index contributed by atoms with van der Waals surface area (Å²) in [6.45, 7) is 0.252. The van der Waals surface area contributed by atoms with E-state index in [0.717, 1.165) is 11.6 Å². The van der Waals surface area contributed by atoms with Gasteiger partial charge in [0, 0.05) is 19.2 Å². The van der Waals surface area contributed by atoms with Crippen LogP contribution in [-0.2, 0) is 6.54 Å². The van der Waals surface area contributed by atoms with E-state index in [1.807, 2.05) is 0 Å². The fourth-order valence-corrected chi connectivity index (χ4v) is 1.91. The molecule has 1 aromatic carbocycles. The zero-order chi connectivity index (χ0) is 15.6. The van der Waals surface area contributed by atoms with Crippen LogP contribution in [0.15, 0.2) is 35.1 Å². The predicted octanol–water partition coefficient (Wildman–Crippen LogP) is 2.66. The van der Waals surface area contributed by atoms with Crippen LogP contribution in [0.4, 0.5) is 15.8 Å². The Morgan fingerprint density at radius 3 is 2.76 bits per heavy atom. The molecule has 2 rings (SSSR count). The van der Waals surface area contributed by atoms with Crippen molar-refractivity contribution < 1.29 is 23.6 Å². The molecule has 21 heavy (non-hydrogen) atoms. The monoisotopic (exact) mass is 294 g/mol. The lowest BCUT2D eigenvalue weighted by molar-refractivity contribution is -0.384. The normalized spacial score (nSPS) is 10.4. The number of carbonyl (C=O) groups is 1. The molecule has 0 aliphatic heterocycles. The summed E-state index contributed by atoms with van der Waals surface area (Å²) in [6.07, 6.45) is 2.91. The molecule has 110 valence electrons. The summed E-state index contributed by atoms with van der Waals surface area (Å²) in [5, 5.41) is 19.9. The molecule has 0 fully saturated rings. The standard InChI is InChI=1S/C13H11FN2O5/c1-15(6-8-2-3-21-7-8)11-4-9(13(17)18)10(14)5-12(11)16(19)20/h2-5,7H,6H2,1H3,(H,17,18). The summed E-state index contributed by atoms with van der Waals surface area (Å²) in [6, 6.07) is 3.24. The fraction of sp³-hybridized carbons (Fsp3) is 0.154. The zero-order valence-electron chi connectivity index (χ0n) is 10.9. The van der Waals surface area contributed by atoms with Gasteiger partial charge < -0.3 is 14.4 Å². The van der Waals surface area contributed by atoms with Gasteiger partial charge in [-0.1, -0.05) is 0 Å². The number of aromatic carboxylic acids is 1. The van der Waals surface area contributed by atoms with Crippen molar-refractivity contribution >= 4 is 17.3 Å². The van der Waals surface area contributed by atoms with Gasteiger partial charge >= 0.3 is 5.97 Å². The molecule has 0 saturated carbocycles. The van der Waals surface area contributed by atoms with Gasteiger partial charge in [0.05, 0.1) is 29.1 Å². The largest absolute Gasteiger partial charge is 0.478 e. The van der Waals surface area contributed by atoms with Crippen molar-refractivity contribution in [3.63, 3.8) is 0 Å². The molecule has 1 aromatic heterocycles. The van der Waals surface area contributed by atoms with Gasteiger partial charge in [-0.05, 0) is 12.1 Å². The Balaban J connectivity index is 2.46. The van der Waals surface area contributed by atoms with Gasteiger partial charge in [0.2, 0.25) is 0 Å². The molecule has 0 atom stereocenters. The number of nitro groups is 1. The minimum atomic E-state index is -1.49. The van der Waals surface area contributed by atoms with Crippen LogP contribution < -0.4 is 4.90 Å². The second-order valence-corrected chi connectivity index (χ2v) is 4.37. The number of nitro benzene ring substituents is 1. The molecule has 0 aliphatic rings. The molecule has 0 aliphatic carbocycles. The number of hydrogen-bond donors (Lipinski definition) is 1. The number of rotatable bonds is 5. The van der Waals surface area contributed by atoms with E-state index in [2.05, 4.69) is 0 Å². The van der Waals surface area contributed by atoms with Crippen LogP contribution in [0.1, 0.15) is 15.9 Å². The molecule has 0 unspecified atom stereocenters. The van der Waals surface area contributed by atoms with Crippen molar-refractivity contribution in [1.82, 2.24) is 0 Å². The molecular weight excluding hydrogens is 283 g/mol. The third-order valence-corrected chi connectivity index (χ3v) is 2.90. The first-order valence-corrected chi connectivity index (χ1v) is 5.83. The Bertz CT molecular complexity index is 684. The number of halogens is 1. The summed E-state index contributed by atoms with van der Waals surface area (Å²) in [5.74, 6) is -2.63. The second-order valence-electron chi connectivity index (χ2n) is 4.37. The second kappa shape index (κ2) is 5.61.